The van der Waals surface area contributed by atoms with Crippen molar-refractivity contribution in [3.63, 3.8) is 0 Å². The van der Waals surface area contributed by atoms with E-state index in [4.69, 9.17) is 4.42 Å². The molecule has 3 rings (SSSR count). The molecular formula is C20H22FN3O4S2. The first-order valence-corrected chi connectivity index (χ1v) is 11.5. The van der Waals surface area contributed by atoms with Crippen molar-refractivity contribution in [1.82, 2.24) is 9.29 Å². The molecule has 3 aromatic rings. The van der Waals surface area contributed by atoms with Gasteiger partial charge in [-0.05, 0) is 50.6 Å². The van der Waals surface area contributed by atoms with Gasteiger partial charge in [0.2, 0.25) is 15.9 Å². The van der Waals surface area contributed by atoms with Crippen molar-refractivity contribution in [1.29, 1.82) is 0 Å². The van der Waals surface area contributed by atoms with Crippen LogP contribution in [-0.2, 0) is 14.8 Å². The summed E-state index contributed by atoms with van der Waals surface area (Å²) in [5, 5.41) is 5.05. The first kappa shape index (κ1) is 22.1. The van der Waals surface area contributed by atoms with Gasteiger partial charge in [0.05, 0.1) is 10.6 Å². The highest BCUT2D eigenvalue weighted by atomic mass is 32.2. The van der Waals surface area contributed by atoms with E-state index in [1.54, 1.807) is 0 Å². The number of rotatable bonds is 8. The van der Waals surface area contributed by atoms with Gasteiger partial charge >= 0.3 is 0 Å². The molecule has 0 atom stereocenters. The Morgan fingerprint density at radius 1 is 1.27 bits per heavy atom. The van der Waals surface area contributed by atoms with Crippen molar-refractivity contribution in [3.8, 4) is 11.3 Å². The Balaban J connectivity index is 1.51. The Labute approximate surface area is 178 Å². The van der Waals surface area contributed by atoms with Gasteiger partial charge in [-0.15, -0.1) is 11.3 Å². The molecular weight excluding hydrogens is 429 g/mol. The SMILES string of the molecule is Cc1cc(-c2csc(NC(=O)CCCN(C)S(=O)(=O)c3ccc(F)cc3)n2)c(C)o1. The van der Waals surface area contributed by atoms with E-state index in [0.29, 0.717) is 11.6 Å². The van der Waals surface area contributed by atoms with Crippen molar-refractivity contribution >= 4 is 32.4 Å². The van der Waals surface area contributed by atoms with E-state index in [0.717, 1.165) is 39.2 Å². The number of aryl methyl sites for hydroxylation is 2. The summed E-state index contributed by atoms with van der Waals surface area (Å²) in [5.74, 6) is 0.808. The average Bonchev–Trinajstić information content (AvgIpc) is 3.27. The third-order valence-electron chi connectivity index (χ3n) is 4.47. The Morgan fingerprint density at radius 2 is 1.97 bits per heavy atom. The Morgan fingerprint density at radius 3 is 2.60 bits per heavy atom. The highest BCUT2D eigenvalue weighted by Crippen LogP contribution is 2.29. The van der Waals surface area contributed by atoms with Crippen molar-refractivity contribution in [2.45, 2.75) is 31.6 Å². The monoisotopic (exact) mass is 451 g/mol. The second-order valence-electron chi connectivity index (χ2n) is 6.80. The molecule has 0 spiro atoms. The molecule has 2 heterocycles. The molecule has 0 saturated heterocycles. The number of carbonyl (C=O) groups excluding carboxylic acids is 1. The van der Waals surface area contributed by atoms with Crippen LogP contribution in [0.5, 0.6) is 0 Å². The molecule has 0 radical (unpaired) electrons. The minimum Gasteiger partial charge on any atom is -0.466 e. The predicted octanol–water partition coefficient (Wildman–Crippen LogP) is 4.20. The standard InChI is InChI=1S/C20H22FN3O4S2/c1-13-11-17(14(2)28-13)18-12-29-20(22-18)23-19(25)5-4-10-24(3)30(26,27)16-8-6-15(21)7-9-16/h6-9,11-12H,4-5,10H2,1-3H3,(H,22,23,25). The lowest BCUT2D eigenvalue weighted by molar-refractivity contribution is -0.116. The molecule has 1 N–H and O–H groups in total. The zero-order valence-electron chi connectivity index (χ0n) is 16.8. The molecule has 7 nitrogen and oxygen atoms in total. The fraction of sp³-hybridized carbons (Fsp3) is 0.300. The number of carbonyl (C=O) groups is 1. The normalized spacial score (nSPS) is 11.8. The number of nitrogens with one attached hydrogen (secondary N) is 1. The number of furan rings is 1. The van der Waals surface area contributed by atoms with Gasteiger partial charge < -0.3 is 9.73 Å². The number of halogens is 1. The third kappa shape index (κ3) is 5.13. The zero-order chi connectivity index (χ0) is 21.9. The lowest BCUT2D eigenvalue weighted by atomic mass is 10.2. The largest absolute Gasteiger partial charge is 0.466 e. The average molecular weight is 452 g/mol. The van der Waals surface area contributed by atoms with Crippen molar-refractivity contribution < 1.29 is 22.0 Å². The Bertz CT molecular complexity index is 1140. The topological polar surface area (TPSA) is 92.5 Å². The highest BCUT2D eigenvalue weighted by molar-refractivity contribution is 7.89. The quantitative estimate of drug-likeness (QED) is 0.554. The van der Waals surface area contributed by atoms with Crippen molar-refractivity contribution in [3.05, 3.63) is 53.0 Å². The Hall–Kier alpha value is -2.56. The second-order valence-corrected chi connectivity index (χ2v) is 9.70. The van der Waals surface area contributed by atoms with Crippen LogP contribution in [0.4, 0.5) is 9.52 Å². The lowest BCUT2D eigenvalue weighted by Gasteiger charge is -2.16. The van der Waals surface area contributed by atoms with Gasteiger partial charge in [0.1, 0.15) is 17.3 Å². The molecule has 0 bridgehead atoms. The number of nitrogens with zero attached hydrogens (tertiary/aromatic N) is 2. The van der Waals surface area contributed by atoms with E-state index >= 15 is 0 Å². The fourth-order valence-electron chi connectivity index (χ4n) is 2.89. The first-order chi connectivity index (χ1) is 14.2. The van der Waals surface area contributed by atoms with Crippen LogP contribution in [0.1, 0.15) is 24.4 Å². The summed E-state index contributed by atoms with van der Waals surface area (Å²) >= 11 is 1.31. The van der Waals surface area contributed by atoms with E-state index in [2.05, 4.69) is 10.3 Å². The van der Waals surface area contributed by atoms with Gasteiger partial charge in [-0.3, -0.25) is 4.79 Å². The zero-order valence-corrected chi connectivity index (χ0v) is 18.4. The number of amides is 1. The number of sulfonamides is 1. The Kier molecular flexibility index (Phi) is 6.69. The van der Waals surface area contributed by atoms with Gasteiger partial charge in [-0.2, -0.15) is 0 Å². The van der Waals surface area contributed by atoms with Crippen LogP contribution in [0.2, 0.25) is 0 Å². The van der Waals surface area contributed by atoms with Crippen LogP contribution < -0.4 is 5.32 Å². The molecule has 30 heavy (non-hydrogen) atoms. The van der Waals surface area contributed by atoms with Crippen molar-refractivity contribution in [2.75, 3.05) is 18.9 Å². The van der Waals surface area contributed by atoms with Gasteiger partial charge in [0, 0.05) is 31.0 Å². The third-order valence-corrected chi connectivity index (χ3v) is 7.09. The predicted molar refractivity (Wildman–Crippen MR) is 113 cm³/mol. The number of thiazole rings is 1. The molecule has 0 aliphatic heterocycles. The molecule has 2 aromatic heterocycles. The lowest BCUT2D eigenvalue weighted by Crippen LogP contribution is -2.28. The molecule has 0 unspecified atom stereocenters. The van der Waals surface area contributed by atoms with Gasteiger partial charge in [0.25, 0.3) is 0 Å². The molecule has 0 fully saturated rings. The molecule has 1 aromatic carbocycles. The van der Waals surface area contributed by atoms with E-state index in [9.17, 15) is 17.6 Å². The number of hydrogen-bond acceptors (Lipinski definition) is 6. The molecule has 0 aliphatic rings. The van der Waals surface area contributed by atoms with Crippen LogP contribution in [-0.4, -0.2) is 37.2 Å². The van der Waals surface area contributed by atoms with Crippen LogP contribution in [0, 0.1) is 19.7 Å². The molecule has 0 aliphatic carbocycles. The van der Waals surface area contributed by atoms with E-state index in [1.165, 1.54) is 30.5 Å². The number of anilines is 1. The molecule has 1 amide bonds. The molecule has 10 heteroatoms. The van der Waals surface area contributed by atoms with E-state index < -0.39 is 15.8 Å². The summed E-state index contributed by atoms with van der Waals surface area (Å²) < 4.78 is 44.6. The first-order valence-electron chi connectivity index (χ1n) is 9.21. The van der Waals surface area contributed by atoms with E-state index in [1.807, 2.05) is 25.3 Å². The molecule has 0 saturated carbocycles. The van der Waals surface area contributed by atoms with Crippen LogP contribution >= 0.6 is 11.3 Å². The second kappa shape index (κ2) is 9.07. The smallest absolute Gasteiger partial charge is 0.242 e. The summed E-state index contributed by atoms with van der Waals surface area (Å²) in [6.07, 6.45) is 0.475. The van der Waals surface area contributed by atoms with Crippen LogP contribution in [0.25, 0.3) is 11.3 Å². The number of benzene rings is 1. The summed E-state index contributed by atoms with van der Waals surface area (Å²) in [6, 6.07) is 6.53. The summed E-state index contributed by atoms with van der Waals surface area (Å²) in [5.41, 5.74) is 1.62. The van der Waals surface area contributed by atoms with Crippen LogP contribution in [0.15, 0.2) is 45.0 Å². The maximum Gasteiger partial charge on any atom is 0.242 e. The summed E-state index contributed by atoms with van der Waals surface area (Å²) in [7, 11) is -2.30. The fourth-order valence-corrected chi connectivity index (χ4v) is 4.83. The minimum atomic E-state index is -3.73. The minimum absolute atomic E-state index is 0.0101. The van der Waals surface area contributed by atoms with Gasteiger partial charge in [-0.25, -0.2) is 22.1 Å². The van der Waals surface area contributed by atoms with Gasteiger partial charge in [0.15, 0.2) is 5.13 Å². The number of hydrogen-bond donors (Lipinski definition) is 1. The van der Waals surface area contributed by atoms with E-state index in [-0.39, 0.29) is 23.8 Å². The highest BCUT2D eigenvalue weighted by Gasteiger charge is 2.20. The number of aromatic nitrogens is 1. The van der Waals surface area contributed by atoms with Crippen LogP contribution in [0.3, 0.4) is 0 Å². The maximum absolute atomic E-state index is 13.0. The summed E-state index contributed by atoms with van der Waals surface area (Å²) in [6.45, 7) is 3.87. The molecule has 160 valence electrons. The maximum atomic E-state index is 13.0. The van der Waals surface area contributed by atoms with Gasteiger partial charge in [-0.1, -0.05) is 0 Å². The summed E-state index contributed by atoms with van der Waals surface area (Å²) in [4.78, 5) is 16.6. The van der Waals surface area contributed by atoms with Crippen molar-refractivity contribution in [2.24, 2.45) is 0 Å².